The van der Waals surface area contributed by atoms with E-state index in [9.17, 15) is 18.0 Å². The van der Waals surface area contributed by atoms with Crippen molar-refractivity contribution in [1.82, 2.24) is 5.32 Å². The fraction of sp³-hybridized carbons (Fsp3) is 0.333. The first-order chi connectivity index (χ1) is 14.5. The van der Waals surface area contributed by atoms with E-state index in [-0.39, 0.29) is 16.1 Å². The molecule has 9 nitrogen and oxygen atoms in total. The third kappa shape index (κ3) is 6.11. The Morgan fingerprint density at radius 3 is 2.29 bits per heavy atom. The Morgan fingerprint density at radius 1 is 1.00 bits per heavy atom. The van der Waals surface area contributed by atoms with Crippen LogP contribution >= 0.6 is 0 Å². The molecular formula is C21H24N2O7S. The van der Waals surface area contributed by atoms with Gasteiger partial charge in [0.15, 0.2) is 18.1 Å². The van der Waals surface area contributed by atoms with Crippen LogP contribution in [0.4, 0.5) is 5.69 Å². The van der Waals surface area contributed by atoms with Crippen molar-refractivity contribution in [1.29, 1.82) is 0 Å². The maximum atomic E-state index is 12.7. The second kappa shape index (κ2) is 8.84. The van der Waals surface area contributed by atoms with E-state index in [2.05, 4.69) is 10.0 Å². The lowest BCUT2D eigenvalue weighted by atomic mass is 10.1. The summed E-state index contributed by atoms with van der Waals surface area (Å²) in [5.41, 5.74) is 0.0159. The van der Waals surface area contributed by atoms with Gasteiger partial charge in [-0.3, -0.25) is 9.52 Å². The van der Waals surface area contributed by atoms with Gasteiger partial charge in [0.05, 0.1) is 10.5 Å². The molecule has 1 heterocycles. The van der Waals surface area contributed by atoms with E-state index < -0.39 is 34.0 Å². The van der Waals surface area contributed by atoms with Crippen LogP contribution in [0.15, 0.2) is 47.4 Å². The Bertz CT molecular complexity index is 1070. The number of hydrogen-bond acceptors (Lipinski definition) is 7. The topological polar surface area (TPSA) is 120 Å². The van der Waals surface area contributed by atoms with Gasteiger partial charge in [-0.25, -0.2) is 13.2 Å². The van der Waals surface area contributed by atoms with Crippen LogP contribution in [0, 0.1) is 0 Å². The molecule has 166 valence electrons. The number of anilines is 1. The Morgan fingerprint density at radius 2 is 1.65 bits per heavy atom. The van der Waals surface area contributed by atoms with Crippen LogP contribution in [-0.2, 0) is 19.6 Å². The lowest BCUT2D eigenvalue weighted by Crippen LogP contribution is -2.42. The highest BCUT2D eigenvalue weighted by molar-refractivity contribution is 7.92. The van der Waals surface area contributed by atoms with Crippen molar-refractivity contribution < 1.29 is 32.2 Å². The molecule has 0 aromatic heterocycles. The normalized spacial score (nSPS) is 13.3. The summed E-state index contributed by atoms with van der Waals surface area (Å²) < 4.78 is 43.5. The number of amides is 1. The first kappa shape index (κ1) is 22.4. The standard InChI is InChI=1S/C21H24N2O7S/c1-21(2,3)22-19(24)13-30-20(25)14-4-6-15(7-5-14)23-31(26,27)16-8-9-17-18(12-16)29-11-10-28-17/h4-9,12,23H,10-11,13H2,1-3H3,(H,22,24). The molecule has 0 unspecified atom stereocenters. The Kier molecular flexibility index (Phi) is 6.40. The van der Waals surface area contributed by atoms with Crippen molar-refractivity contribution in [2.45, 2.75) is 31.2 Å². The SMILES string of the molecule is CC(C)(C)NC(=O)COC(=O)c1ccc(NS(=O)(=O)c2ccc3c(c2)OCCO3)cc1. The molecule has 0 bridgehead atoms. The summed E-state index contributed by atoms with van der Waals surface area (Å²) in [6.45, 7) is 5.80. The number of nitrogens with one attached hydrogen (secondary N) is 2. The summed E-state index contributed by atoms with van der Waals surface area (Å²) in [4.78, 5) is 23.9. The first-order valence-electron chi connectivity index (χ1n) is 9.54. The monoisotopic (exact) mass is 448 g/mol. The average molecular weight is 448 g/mol. The van der Waals surface area contributed by atoms with Crippen LogP contribution in [-0.4, -0.2) is 45.7 Å². The van der Waals surface area contributed by atoms with Crippen molar-refractivity contribution in [2.24, 2.45) is 0 Å². The maximum Gasteiger partial charge on any atom is 0.338 e. The lowest BCUT2D eigenvalue weighted by molar-refractivity contribution is -0.125. The summed E-state index contributed by atoms with van der Waals surface area (Å²) >= 11 is 0. The van der Waals surface area contributed by atoms with Gasteiger partial charge in [-0.1, -0.05) is 0 Å². The van der Waals surface area contributed by atoms with E-state index >= 15 is 0 Å². The van der Waals surface area contributed by atoms with E-state index in [1.807, 2.05) is 20.8 Å². The Labute approximate surface area is 180 Å². The fourth-order valence-electron chi connectivity index (χ4n) is 2.75. The summed E-state index contributed by atoms with van der Waals surface area (Å²) in [7, 11) is -3.87. The maximum absolute atomic E-state index is 12.7. The molecule has 0 atom stereocenters. The van der Waals surface area contributed by atoms with E-state index in [1.165, 1.54) is 42.5 Å². The van der Waals surface area contributed by atoms with Crippen molar-refractivity contribution in [2.75, 3.05) is 24.5 Å². The van der Waals surface area contributed by atoms with Gasteiger partial charge in [-0.05, 0) is 57.2 Å². The number of ether oxygens (including phenoxy) is 3. The third-order valence-electron chi connectivity index (χ3n) is 4.05. The molecule has 2 aromatic rings. The van der Waals surface area contributed by atoms with E-state index in [0.29, 0.717) is 24.7 Å². The fourth-order valence-corrected chi connectivity index (χ4v) is 3.82. The van der Waals surface area contributed by atoms with Gasteiger partial charge in [0, 0.05) is 17.3 Å². The van der Waals surface area contributed by atoms with Crippen molar-refractivity contribution in [3.05, 3.63) is 48.0 Å². The van der Waals surface area contributed by atoms with Gasteiger partial charge in [-0.2, -0.15) is 0 Å². The molecule has 0 fully saturated rings. The molecule has 2 aromatic carbocycles. The predicted molar refractivity (Wildman–Crippen MR) is 113 cm³/mol. The molecular weight excluding hydrogens is 424 g/mol. The predicted octanol–water partition coefficient (Wildman–Crippen LogP) is 2.33. The van der Waals surface area contributed by atoms with Gasteiger partial charge < -0.3 is 19.5 Å². The van der Waals surface area contributed by atoms with Gasteiger partial charge in [0.1, 0.15) is 13.2 Å². The van der Waals surface area contributed by atoms with Crippen LogP contribution in [0.1, 0.15) is 31.1 Å². The summed E-state index contributed by atoms with van der Waals surface area (Å²) in [5.74, 6) is -0.248. The smallest absolute Gasteiger partial charge is 0.338 e. The van der Waals surface area contributed by atoms with Crippen LogP contribution in [0.5, 0.6) is 11.5 Å². The first-order valence-corrected chi connectivity index (χ1v) is 11.0. The zero-order valence-corrected chi connectivity index (χ0v) is 18.2. The minimum Gasteiger partial charge on any atom is -0.486 e. The highest BCUT2D eigenvalue weighted by atomic mass is 32.2. The van der Waals surface area contributed by atoms with Gasteiger partial charge in [0.2, 0.25) is 0 Å². The molecule has 10 heteroatoms. The number of hydrogen-bond donors (Lipinski definition) is 2. The van der Waals surface area contributed by atoms with Crippen LogP contribution in [0.25, 0.3) is 0 Å². The number of rotatable bonds is 6. The van der Waals surface area contributed by atoms with Crippen LogP contribution < -0.4 is 19.5 Å². The van der Waals surface area contributed by atoms with Crippen molar-refractivity contribution >= 4 is 27.6 Å². The third-order valence-corrected chi connectivity index (χ3v) is 5.42. The largest absolute Gasteiger partial charge is 0.486 e. The summed E-state index contributed by atoms with van der Waals surface area (Å²) in [6.07, 6.45) is 0. The molecule has 0 saturated carbocycles. The zero-order valence-electron chi connectivity index (χ0n) is 17.4. The number of fused-ring (bicyclic) bond motifs is 1. The molecule has 1 aliphatic heterocycles. The van der Waals surface area contributed by atoms with E-state index in [1.54, 1.807) is 0 Å². The Hall–Kier alpha value is -3.27. The zero-order chi connectivity index (χ0) is 22.6. The van der Waals surface area contributed by atoms with Gasteiger partial charge >= 0.3 is 5.97 Å². The van der Waals surface area contributed by atoms with Crippen molar-refractivity contribution in [3.63, 3.8) is 0 Å². The van der Waals surface area contributed by atoms with E-state index in [4.69, 9.17) is 14.2 Å². The number of sulfonamides is 1. The molecule has 1 amide bonds. The summed E-state index contributed by atoms with van der Waals surface area (Å²) in [5, 5.41) is 2.69. The summed E-state index contributed by atoms with van der Waals surface area (Å²) in [6, 6.07) is 10.0. The average Bonchev–Trinajstić information content (AvgIpc) is 2.70. The van der Waals surface area contributed by atoms with Gasteiger partial charge in [-0.15, -0.1) is 0 Å². The molecule has 3 rings (SSSR count). The highest BCUT2D eigenvalue weighted by Gasteiger charge is 2.20. The van der Waals surface area contributed by atoms with Crippen molar-refractivity contribution in [3.8, 4) is 11.5 Å². The number of carbonyl (C=O) groups is 2. The second-order valence-electron chi connectivity index (χ2n) is 7.86. The second-order valence-corrected chi connectivity index (χ2v) is 9.55. The molecule has 0 radical (unpaired) electrons. The Balaban J connectivity index is 1.62. The minimum absolute atomic E-state index is 0.0186. The molecule has 0 saturated heterocycles. The molecule has 2 N–H and O–H groups in total. The molecule has 0 spiro atoms. The molecule has 1 aliphatic rings. The minimum atomic E-state index is -3.87. The van der Waals surface area contributed by atoms with Crippen LogP contribution in [0.2, 0.25) is 0 Å². The lowest BCUT2D eigenvalue weighted by Gasteiger charge is -2.20. The number of benzene rings is 2. The quantitative estimate of drug-likeness (QED) is 0.651. The van der Waals surface area contributed by atoms with Gasteiger partial charge in [0.25, 0.3) is 15.9 Å². The molecule has 31 heavy (non-hydrogen) atoms. The van der Waals surface area contributed by atoms with E-state index in [0.717, 1.165) is 0 Å². The van der Waals surface area contributed by atoms with Crippen LogP contribution in [0.3, 0.4) is 0 Å². The highest BCUT2D eigenvalue weighted by Crippen LogP contribution is 2.32. The number of carbonyl (C=O) groups excluding carboxylic acids is 2. The molecule has 0 aliphatic carbocycles. The number of esters is 1.